The molecule has 5 rings (SSSR count). The zero-order chi connectivity index (χ0) is 23.1. The number of carbonyl (C=O) groups excluding carboxylic acids is 2. The van der Waals surface area contributed by atoms with Gasteiger partial charge in [0, 0.05) is 23.8 Å². The number of hydrogen-bond donors (Lipinski definition) is 0. The molecule has 0 saturated carbocycles. The minimum atomic E-state index is -0.950. The zero-order valence-corrected chi connectivity index (χ0v) is 18.1. The summed E-state index contributed by atoms with van der Waals surface area (Å²) in [5, 5.41) is 13.4. The van der Waals surface area contributed by atoms with Crippen molar-refractivity contribution in [1.29, 1.82) is 0 Å². The molecule has 1 fully saturated rings. The molecule has 11 heteroatoms. The standard InChI is InChI=1S/C22H20N6O5/c1-12-4-6-13(7-5-12)20-23-17(33-25-20)11-27-19-18(24-26-27)21(29)28(22(19)30)14-8-15(31-2)10-16(9-14)32-3/h4-10,18-19H,11H2,1-3H3/t18-,19+/m0/s1. The van der Waals surface area contributed by atoms with Gasteiger partial charge >= 0.3 is 0 Å². The lowest BCUT2D eigenvalue weighted by Gasteiger charge is -2.20. The summed E-state index contributed by atoms with van der Waals surface area (Å²) in [6, 6.07) is 10.7. The Labute approximate surface area is 188 Å². The lowest BCUT2D eigenvalue weighted by molar-refractivity contribution is -0.123. The van der Waals surface area contributed by atoms with Gasteiger partial charge in [-0.15, -0.1) is 0 Å². The van der Waals surface area contributed by atoms with Gasteiger partial charge in [0.05, 0.1) is 19.9 Å². The molecule has 33 heavy (non-hydrogen) atoms. The van der Waals surface area contributed by atoms with E-state index in [-0.39, 0.29) is 12.4 Å². The van der Waals surface area contributed by atoms with Crippen LogP contribution in [0.1, 0.15) is 11.5 Å². The maximum absolute atomic E-state index is 13.3. The second-order valence-electron chi connectivity index (χ2n) is 7.65. The predicted molar refractivity (Wildman–Crippen MR) is 114 cm³/mol. The van der Waals surface area contributed by atoms with E-state index in [1.807, 2.05) is 31.2 Å². The number of ether oxygens (including phenoxy) is 2. The maximum Gasteiger partial charge on any atom is 0.263 e. The molecule has 0 spiro atoms. The highest BCUT2D eigenvalue weighted by atomic mass is 16.5. The summed E-state index contributed by atoms with van der Waals surface area (Å²) in [5.41, 5.74) is 2.26. The van der Waals surface area contributed by atoms with Crippen LogP contribution in [0, 0.1) is 6.92 Å². The number of aromatic nitrogens is 2. The van der Waals surface area contributed by atoms with Gasteiger partial charge in [0.1, 0.15) is 18.0 Å². The average Bonchev–Trinajstić information content (AvgIpc) is 3.52. The predicted octanol–water partition coefficient (Wildman–Crippen LogP) is 2.56. The van der Waals surface area contributed by atoms with Crippen LogP contribution in [0.2, 0.25) is 0 Å². The third-order valence-electron chi connectivity index (χ3n) is 5.53. The zero-order valence-electron chi connectivity index (χ0n) is 18.1. The van der Waals surface area contributed by atoms with E-state index in [0.717, 1.165) is 16.0 Å². The van der Waals surface area contributed by atoms with Gasteiger partial charge in [-0.1, -0.05) is 40.2 Å². The van der Waals surface area contributed by atoms with Crippen LogP contribution in [0.4, 0.5) is 5.69 Å². The molecule has 3 heterocycles. The Hall–Kier alpha value is -4.28. The summed E-state index contributed by atoms with van der Waals surface area (Å²) in [6.07, 6.45) is 0. The van der Waals surface area contributed by atoms with Crippen LogP contribution >= 0.6 is 0 Å². The third kappa shape index (κ3) is 3.56. The minimum Gasteiger partial charge on any atom is -0.497 e. The summed E-state index contributed by atoms with van der Waals surface area (Å²) in [4.78, 5) is 31.7. The lowest BCUT2D eigenvalue weighted by Crippen LogP contribution is -2.39. The number of amides is 2. The van der Waals surface area contributed by atoms with Crippen molar-refractivity contribution in [3.05, 3.63) is 53.9 Å². The topological polar surface area (TPSA) is 123 Å². The monoisotopic (exact) mass is 448 g/mol. The first kappa shape index (κ1) is 20.6. The summed E-state index contributed by atoms with van der Waals surface area (Å²) in [7, 11) is 2.98. The largest absolute Gasteiger partial charge is 0.497 e. The Balaban J connectivity index is 1.37. The Morgan fingerprint density at radius 2 is 1.70 bits per heavy atom. The number of imide groups is 1. The third-order valence-corrected chi connectivity index (χ3v) is 5.53. The Morgan fingerprint density at radius 1 is 1.00 bits per heavy atom. The number of carbonyl (C=O) groups is 2. The molecule has 0 unspecified atom stereocenters. The summed E-state index contributed by atoms with van der Waals surface area (Å²) in [5.74, 6) is 0.662. The molecule has 1 saturated heterocycles. The fourth-order valence-corrected chi connectivity index (χ4v) is 3.81. The molecule has 168 valence electrons. The van der Waals surface area contributed by atoms with Crippen LogP contribution in [-0.4, -0.2) is 53.3 Å². The van der Waals surface area contributed by atoms with Gasteiger partial charge in [0.15, 0.2) is 12.1 Å². The molecule has 3 aromatic rings. The van der Waals surface area contributed by atoms with Crippen molar-refractivity contribution in [1.82, 2.24) is 15.1 Å². The van der Waals surface area contributed by atoms with Crippen molar-refractivity contribution in [3.8, 4) is 22.9 Å². The van der Waals surface area contributed by atoms with Gasteiger partial charge in [0.25, 0.3) is 11.8 Å². The highest BCUT2D eigenvalue weighted by molar-refractivity contribution is 6.25. The molecule has 0 aliphatic carbocycles. The van der Waals surface area contributed by atoms with Crippen molar-refractivity contribution < 1.29 is 23.6 Å². The van der Waals surface area contributed by atoms with Gasteiger partial charge in [-0.05, 0) is 6.92 Å². The summed E-state index contributed by atoms with van der Waals surface area (Å²) < 4.78 is 15.9. The highest BCUT2D eigenvalue weighted by Crippen LogP contribution is 2.36. The Morgan fingerprint density at radius 3 is 2.36 bits per heavy atom. The van der Waals surface area contributed by atoms with Crippen LogP contribution in [0.25, 0.3) is 11.4 Å². The SMILES string of the molecule is COc1cc(OC)cc(N2C(=O)[C@H]3N=NN(Cc4nc(-c5ccc(C)cc5)no4)[C@H]3C2=O)c1. The number of benzene rings is 2. The fraction of sp³-hybridized carbons (Fsp3) is 0.273. The van der Waals surface area contributed by atoms with Crippen molar-refractivity contribution in [2.45, 2.75) is 25.6 Å². The summed E-state index contributed by atoms with van der Waals surface area (Å²) >= 11 is 0. The van der Waals surface area contributed by atoms with Gasteiger partial charge in [-0.25, -0.2) is 4.90 Å². The Bertz CT molecular complexity index is 1230. The molecule has 0 radical (unpaired) electrons. The minimum absolute atomic E-state index is 0.0395. The smallest absolute Gasteiger partial charge is 0.263 e. The van der Waals surface area contributed by atoms with Gasteiger partial charge < -0.3 is 14.0 Å². The number of hydrogen-bond acceptors (Lipinski definition) is 10. The average molecular weight is 448 g/mol. The number of aryl methyl sites for hydroxylation is 1. The molecule has 0 bridgehead atoms. The second kappa shape index (κ2) is 8.01. The second-order valence-corrected chi connectivity index (χ2v) is 7.65. The van der Waals surface area contributed by atoms with Crippen LogP contribution in [0.3, 0.4) is 0 Å². The van der Waals surface area contributed by atoms with Crippen molar-refractivity contribution in [3.63, 3.8) is 0 Å². The van der Waals surface area contributed by atoms with Gasteiger partial charge in [-0.3, -0.25) is 14.6 Å². The number of methoxy groups -OCH3 is 2. The molecular formula is C22H20N6O5. The summed E-state index contributed by atoms with van der Waals surface area (Å²) in [6.45, 7) is 2.03. The van der Waals surface area contributed by atoms with E-state index in [1.54, 1.807) is 18.2 Å². The normalized spacial score (nSPS) is 19.4. The molecule has 2 aliphatic heterocycles. The van der Waals surface area contributed by atoms with Crippen LogP contribution in [0.5, 0.6) is 11.5 Å². The molecule has 2 aromatic carbocycles. The number of anilines is 1. The van der Waals surface area contributed by atoms with E-state index in [9.17, 15) is 9.59 Å². The van der Waals surface area contributed by atoms with Gasteiger partial charge in [0.2, 0.25) is 11.7 Å². The number of rotatable bonds is 6. The first-order valence-corrected chi connectivity index (χ1v) is 10.2. The molecule has 2 aliphatic rings. The van der Waals surface area contributed by atoms with E-state index in [4.69, 9.17) is 14.0 Å². The first-order valence-electron chi connectivity index (χ1n) is 10.2. The van der Waals surface area contributed by atoms with Crippen molar-refractivity contribution in [2.75, 3.05) is 19.1 Å². The molecule has 0 N–H and O–H groups in total. The fourth-order valence-electron chi connectivity index (χ4n) is 3.81. The van der Waals surface area contributed by atoms with E-state index in [1.165, 1.54) is 19.2 Å². The van der Waals surface area contributed by atoms with E-state index < -0.39 is 23.9 Å². The Kier molecular flexibility index (Phi) is 5.00. The quantitative estimate of drug-likeness (QED) is 0.527. The van der Waals surface area contributed by atoms with Crippen LogP contribution in [-0.2, 0) is 16.1 Å². The van der Waals surface area contributed by atoms with Crippen molar-refractivity contribution in [2.24, 2.45) is 10.3 Å². The highest BCUT2D eigenvalue weighted by Gasteiger charge is 2.55. The number of nitrogens with zero attached hydrogens (tertiary/aromatic N) is 6. The lowest BCUT2D eigenvalue weighted by atomic mass is 10.1. The first-order chi connectivity index (χ1) is 16.0. The van der Waals surface area contributed by atoms with Crippen LogP contribution in [0.15, 0.2) is 57.3 Å². The van der Waals surface area contributed by atoms with E-state index in [0.29, 0.717) is 23.0 Å². The number of fused-ring (bicyclic) bond motifs is 1. The molecule has 1 aromatic heterocycles. The molecule has 2 atom stereocenters. The van der Waals surface area contributed by atoms with E-state index in [2.05, 4.69) is 20.5 Å². The molecular weight excluding hydrogens is 428 g/mol. The van der Waals surface area contributed by atoms with Gasteiger partial charge in [-0.2, -0.15) is 10.1 Å². The maximum atomic E-state index is 13.3. The van der Waals surface area contributed by atoms with Crippen molar-refractivity contribution >= 4 is 17.5 Å². The van der Waals surface area contributed by atoms with Crippen LogP contribution < -0.4 is 14.4 Å². The molecule has 2 amide bonds. The molecule has 11 nitrogen and oxygen atoms in total. The van der Waals surface area contributed by atoms with E-state index >= 15 is 0 Å².